The SMILES string of the molecule is CN(C)c1cccc(C(=O)NCCc2ccoc2)c1. The molecule has 0 aliphatic heterocycles. The summed E-state index contributed by atoms with van der Waals surface area (Å²) in [5.41, 5.74) is 2.78. The lowest BCUT2D eigenvalue weighted by Gasteiger charge is -2.13. The largest absolute Gasteiger partial charge is 0.472 e. The van der Waals surface area contributed by atoms with Gasteiger partial charge in [-0.05, 0) is 36.2 Å². The van der Waals surface area contributed by atoms with E-state index >= 15 is 0 Å². The summed E-state index contributed by atoms with van der Waals surface area (Å²) in [6.07, 6.45) is 4.10. The first-order chi connectivity index (χ1) is 9.16. The van der Waals surface area contributed by atoms with Gasteiger partial charge in [-0.25, -0.2) is 0 Å². The van der Waals surface area contributed by atoms with Crippen LogP contribution in [0.25, 0.3) is 0 Å². The Morgan fingerprint density at radius 1 is 1.32 bits per heavy atom. The number of hydrogen-bond donors (Lipinski definition) is 1. The van der Waals surface area contributed by atoms with Crippen LogP contribution >= 0.6 is 0 Å². The summed E-state index contributed by atoms with van der Waals surface area (Å²) in [5, 5.41) is 2.90. The van der Waals surface area contributed by atoms with Gasteiger partial charge in [0.1, 0.15) is 0 Å². The van der Waals surface area contributed by atoms with E-state index in [1.165, 1.54) is 0 Å². The number of nitrogens with zero attached hydrogens (tertiary/aromatic N) is 1. The lowest BCUT2D eigenvalue weighted by molar-refractivity contribution is 0.0954. The predicted molar refractivity (Wildman–Crippen MR) is 75.5 cm³/mol. The number of carbonyl (C=O) groups is 1. The fraction of sp³-hybridized carbons (Fsp3) is 0.267. The van der Waals surface area contributed by atoms with Gasteiger partial charge in [0.2, 0.25) is 0 Å². The molecule has 2 aromatic rings. The van der Waals surface area contributed by atoms with Crippen molar-refractivity contribution in [2.75, 3.05) is 25.5 Å². The van der Waals surface area contributed by atoms with E-state index in [1.807, 2.05) is 49.3 Å². The number of furan rings is 1. The highest BCUT2D eigenvalue weighted by Gasteiger charge is 2.06. The smallest absolute Gasteiger partial charge is 0.251 e. The molecule has 0 unspecified atom stereocenters. The normalized spacial score (nSPS) is 10.2. The molecule has 1 amide bonds. The second-order valence-electron chi connectivity index (χ2n) is 4.58. The van der Waals surface area contributed by atoms with Crippen LogP contribution < -0.4 is 10.2 Å². The lowest BCUT2D eigenvalue weighted by atomic mass is 10.1. The Kier molecular flexibility index (Phi) is 4.23. The average molecular weight is 258 g/mol. The summed E-state index contributed by atoms with van der Waals surface area (Å²) in [6.45, 7) is 0.602. The molecule has 0 bridgehead atoms. The molecule has 1 heterocycles. The second-order valence-corrected chi connectivity index (χ2v) is 4.58. The topological polar surface area (TPSA) is 45.5 Å². The van der Waals surface area contributed by atoms with Crippen molar-refractivity contribution in [3.63, 3.8) is 0 Å². The van der Waals surface area contributed by atoms with E-state index in [2.05, 4.69) is 5.32 Å². The lowest BCUT2D eigenvalue weighted by Crippen LogP contribution is -2.25. The summed E-state index contributed by atoms with van der Waals surface area (Å²) in [4.78, 5) is 14.0. The number of nitrogens with one attached hydrogen (secondary N) is 1. The maximum atomic E-state index is 12.0. The van der Waals surface area contributed by atoms with Gasteiger partial charge in [0, 0.05) is 31.9 Å². The highest BCUT2D eigenvalue weighted by Crippen LogP contribution is 2.13. The van der Waals surface area contributed by atoms with Crippen LogP contribution in [-0.4, -0.2) is 26.5 Å². The maximum Gasteiger partial charge on any atom is 0.251 e. The van der Waals surface area contributed by atoms with Crippen LogP contribution in [0.3, 0.4) is 0 Å². The summed E-state index contributed by atoms with van der Waals surface area (Å²) >= 11 is 0. The molecule has 0 saturated carbocycles. The molecular weight excluding hydrogens is 240 g/mol. The molecule has 0 fully saturated rings. The standard InChI is InChI=1S/C15H18N2O2/c1-17(2)14-5-3-4-13(10-14)15(18)16-8-6-12-7-9-19-11-12/h3-5,7,9-11H,6,8H2,1-2H3,(H,16,18). The third-order valence-electron chi connectivity index (χ3n) is 2.90. The summed E-state index contributed by atoms with van der Waals surface area (Å²) in [5.74, 6) is -0.0489. The van der Waals surface area contributed by atoms with E-state index in [9.17, 15) is 4.79 Å². The molecule has 0 saturated heterocycles. The van der Waals surface area contributed by atoms with Gasteiger partial charge >= 0.3 is 0 Å². The Morgan fingerprint density at radius 2 is 2.16 bits per heavy atom. The zero-order valence-electron chi connectivity index (χ0n) is 11.2. The Balaban J connectivity index is 1.90. The minimum atomic E-state index is -0.0489. The van der Waals surface area contributed by atoms with E-state index < -0.39 is 0 Å². The van der Waals surface area contributed by atoms with Gasteiger partial charge in [-0.15, -0.1) is 0 Å². The van der Waals surface area contributed by atoms with Crippen LogP contribution in [0.2, 0.25) is 0 Å². The van der Waals surface area contributed by atoms with Gasteiger partial charge in [-0.1, -0.05) is 6.07 Å². The molecule has 2 rings (SSSR count). The third-order valence-corrected chi connectivity index (χ3v) is 2.90. The van der Waals surface area contributed by atoms with Crippen LogP contribution in [0.1, 0.15) is 15.9 Å². The van der Waals surface area contributed by atoms with Crippen LogP contribution in [0, 0.1) is 0 Å². The Labute approximate surface area is 113 Å². The Hall–Kier alpha value is -2.23. The Morgan fingerprint density at radius 3 is 2.84 bits per heavy atom. The number of benzene rings is 1. The van der Waals surface area contributed by atoms with Crippen molar-refractivity contribution < 1.29 is 9.21 Å². The molecular formula is C15H18N2O2. The van der Waals surface area contributed by atoms with Gasteiger partial charge in [-0.2, -0.15) is 0 Å². The number of hydrogen-bond acceptors (Lipinski definition) is 3. The van der Waals surface area contributed by atoms with Gasteiger partial charge in [-0.3, -0.25) is 4.79 Å². The predicted octanol–water partition coefficient (Wildman–Crippen LogP) is 2.32. The number of amides is 1. The summed E-state index contributed by atoms with van der Waals surface area (Å²) in [6, 6.07) is 9.47. The van der Waals surface area contributed by atoms with Crippen molar-refractivity contribution in [3.8, 4) is 0 Å². The van der Waals surface area contributed by atoms with Crippen molar-refractivity contribution in [2.45, 2.75) is 6.42 Å². The van der Waals surface area contributed by atoms with Crippen LogP contribution in [0.4, 0.5) is 5.69 Å². The minimum Gasteiger partial charge on any atom is -0.472 e. The van der Waals surface area contributed by atoms with Crippen LogP contribution in [0.5, 0.6) is 0 Å². The molecule has 4 heteroatoms. The zero-order valence-corrected chi connectivity index (χ0v) is 11.2. The fourth-order valence-electron chi connectivity index (χ4n) is 1.78. The summed E-state index contributed by atoms with van der Waals surface area (Å²) < 4.78 is 4.98. The fourth-order valence-corrected chi connectivity index (χ4v) is 1.78. The average Bonchev–Trinajstić information content (AvgIpc) is 2.92. The van der Waals surface area contributed by atoms with Crippen molar-refractivity contribution in [1.29, 1.82) is 0 Å². The summed E-state index contributed by atoms with van der Waals surface area (Å²) in [7, 11) is 3.91. The van der Waals surface area contributed by atoms with E-state index in [4.69, 9.17) is 4.42 Å². The van der Waals surface area contributed by atoms with Crippen molar-refractivity contribution >= 4 is 11.6 Å². The third kappa shape index (κ3) is 3.61. The number of carbonyl (C=O) groups excluding carboxylic acids is 1. The van der Waals surface area contributed by atoms with Gasteiger partial charge < -0.3 is 14.6 Å². The highest BCUT2D eigenvalue weighted by molar-refractivity contribution is 5.95. The van der Waals surface area contributed by atoms with Crippen molar-refractivity contribution in [3.05, 3.63) is 54.0 Å². The zero-order chi connectivity index (χ0) is 13.7. The molecule has 0 aliphatic carbocycles. The van der Waals surface area contributed by atoms with Crippen LogP contribution in [0.15, 0.2) is 47.3 Å². The second kappa shape index (κ2) is 6.09. The minimum absolute atomic E-state index is 0.0489. The quantitative estimate of drug-likeness (QED) is 0.895. The Bertz CT molecular complexity index is 533. The van der Waals surface area contributed by atoms with Gasteiger partial charge in [0.15, 0.2) is 0 Å². The van der Waals surface area contributed by atoms with E-state index in [-0.39, 0.29) is 5.91 Å². The molecule has 0 aliphatic rings. The molecule has 1 aromatic heterocycles. The van der Waals surface area contributed by atoms with E-state index in [1.54, 1.807) is 12.5 Å². The van der Waals surface area contributed by atoms with Crippen molar-refractivity contribution in [2.24, 2.45) is 0 Å². The molecule has 0 atom stereocenters. The van der Waals surface area contributed by atoms with Crippen LogP contribution in [-0.2, 0) is 6.42 Å². The first-order valence-corrected chi connectivity index (χ1v) is 6.23. The molecule has 0 spiro atoms. The number of anilines is 1. The molecule has 100 valence electrons. The monoisotopic (exact) mass is 258 g/mol. The van der Waals surface area contributed by atoms with E-state index in [0.29, 0.717) is 12.1 Å². The number of rotatable bonds is 5. The van der Waals surface area contributed by atoms with Gasteiger partial charge in [0.05, 0.1) is 12.5 Å². The highest BCUT2D eigenvalue weighted by atomic mass is 16.3. The molecule has 1 aromatic carbocycles. The van der Waals surface area contributed by atoms with Crippen molar-refractivity contribution in [1.82, 2.24) is 5.32 Å². The molecule has 0 radical (unpaired) electrons. The van der Waals surface area contributed by atoms with Gasteiger partial charge in [0.25, 0.3) is 5.91 Å². The van der Waals surface area contributed by atoms with E-state index in [0.717, 1.165) is 17.7 Å². The molecule has 1 N–H and O–H groups in total. The maximum absolute atomic E-state index is 12.0. The first-order valence-electron chi connectivity index (χ1n) is 6.23. The first kappa shape index (κ1) is 13.2. The molecule has 4 nitrogen and oxygen atoms in total. The molecule has 19 heavy (non-hydrogen) atoms.